The lowest BCUT2D eigenvalue weighted by Gasteiger charge is -2.27. The van der Waals surface area contributed by atoms with Crippen molar-refractivity contribution in [1.82, 2.24) is 9.47 Å². The minimum atomic E-state index is -0.816. The van der Waals surface area contributed by atoms with Crippen LogP contribution in [0, 0.1) is 0 Å². The second-order valence-electron chi connectivity index (χ2n) is 6.90. The van der Waals surface area contributed by atoms with Gasteiger partial charge in [-0.2, -0.15) is 0 Å². The van der Waals surface area contributed by atoms with Gasteiger partial charge in [-0.25, -0.2) is 4.79 Å². The number of hydrogen-bond donors (Lipinski definition) is 1. The molecule has 2 aromatic heterocycles. The van der Waals surface area contributed by atoms with Gasteiger partial charge in [-0.05, 0) is 18.2 Å². The van der Waals surface area contributed by atoms with E-state index in [9.17, 15) is 19.2 Å². The predicted octanol–water partition coefficient (Wildman–Crippen LogP) is 1.22. The van der Waals surface area contributed by atoms with Gasteiger partial charge in [-0.3, -0.25) is 14.4 Å². The highest BCUT2D eigenvalue weighted by atomic mass is 16.5. The van der Waals surface area contributed by atoms with Gasteiger partial charge in [0.05, 0.1) is 18.8 Å². The van der Waals surface area contributed by atoms with Crippen LogP contribution in [0.4, 0.5) is 5.69 Å². The molecular weight excluding hydrogens is 390 g/mol. The van der Waals surface area contributed by atoms with Crippen LogP contribution in [0.5, 0.6) is 0 Å². The van der Waals surface area contributed by atoms with Crippen molar-refractivity contribution in [3.05, 3.63) is 74.5 Å². The van der Waals surface area contributed by atoms with E-state index in [1.54, 1.807) is 29.2 Å². The number of carbonyl (C=O) groups is 2. The summed E-state index contributed by atoms with van der Waals surface area (Å²) in [6, 6.07) is 9.52. The van der Waals surface area contributed by atoms with E-state index < -0.39 is 17.1 Å². The summed E-state index contributed by atoms with van der Waals surface area (Å²) in [5, 5.41) is 3.02. The molecule has 0 radical (unpaired) electrons. The number of para-hydroxylation sites is 1. The molecule has 0 unspecified atom stereocenters. The van der Waals surface area contributed by atoms with Crippen LogP contribution < -0.4 is 16.5 Å². The Labute approximate surface area is 170 Å². The molecule has 0 atom stereocenters. The molecule has 3 heterocycles. The van der Waals surface area contributed by atoms with Crippen LogP contribution in [-0.4, -0.2) is 47.6 Å². The van der Waals surface area contributed by atoms with Gasteiger partial charge in [0.15, 0.2) is 0 Å². The van der Waals surface area contributed by atoms with E-state index in [-0.39, 0.29) is 22.7 Å². The van der Waals surface area contributed by atoms with E-state index in [0.29, 0.717) is 37.3 Å². The number of benzene rings is 1. The zero-order valence-electron chi connectivity index (χ0n) is 16.2. The predicted molar refractivity (Wildman–Crippen MR) is 109 cm³/mol. The van der Waals surface area contributed by atoms with Crippen molar-refractivity contribution >= 4 is 28.5 Å². The summed E-state index contributed by atoms with van der Waals surface area (Å²) in [7, 11) is 1.48. The molecule has 2 amide bonds. The number of carbonyl (C=O) groups excluding carboxylic acids is 2. The summed E-state index contributed by atoms with van der Waals surface area (Å²) in [6.07, 6.45) is 1.42. The first kappa shape index (κ1) is 19.6. The highest BCUT2D eigenvalue weighted by Crippen LogP contribution is 2.14. The van der Waals surface area contributed by atoms with E-state index in [2.05, 4.69) is 5.32 Å². The van der Waals surface area contributed by atoms with Gasteiger partial charge < -0.3 is 23.9 Å². The Morgan fingerprint density at radius 1 is 1.07 bits per heavy atom. The maximum absolute atomic E-state index is 12.7. The Morgan fingerprint density at radius 2 is 1.80 bits per heavy atom. The molecule has 1 N–H and O–H groups in total. The second kappa shape index (κ2) is 7.96. The summed E-state index contributed by atoms with van der Waals surface area (Å²) >= 11 is 0. The molecule has 4 rings (SSSR count). The van der Waals surface area contributed by atoms with Crippen LogP contribution in [0.2, 0.25) is 0 Å². The Bertz CT molecular complexity index is 1250. The topological polar surface area (TPSA) is 111 Å². The molecule has 3 aromatic rings. The van der Waals surface area contributed by atoms with Crippen molar-refractivity contribution in [2.24, 2.45) is 7.05 Å². The number of pyridine rings is 1. The maximum Gasteiger partial charge on any atom is 0.349 e. The van der Waals surface area contributed by atoms with Gasteiger partial charge in [0, 0.05) is 31.7 Å². The summed E-state index contributed by atoms with van der Waals surface area (Å²) in [6.45, 7) is 1.78. The number of nitrogens with one attached hydrogen (secondary N) is 1. The number of anilines is 1. The minimum absolute atomic E-state index is 0.103. The van der Waals surface area contributed by atoms with E-state index in [0.717, 1.165) is 0 Å². The molecule has 0 aliphatic carbocycles. The van der Waals surface area contributed by atoms with Crippen LogP contribution in [0.25, 0.3) is 11.0 Å². The fraction of sp³-hybridized carbons (Fsp3) is 0.238. The molecule has 1 aromatic carbocycles. The Kier molecular flexibility index (Phi) is 5.20. The van der Waals surface area contributed by atoms with Crippen LogP contribution in [0.3, 0.4) is 0 Å². The standard InChI is InChI=1S/C21H19N3O6/c1-23-12-14(19(26)24-6-8-29-9-7-24)11-16(20(23)27)22-18(25)15-10-13-4-2-3-5-17(13)30-21(15)28/h2-5,10-12H,6-9H2,1H3,(H,22,25). The molecule has 0 saturated carbocycles. The van der Waals surface area contributed by atoms with Gasteiger partial charge in [0.25, 0.3) is 17.4 Å². The molecular formula is C21H19N3O6. The van der Waals surface area contributed by atoms with E-state index in [4.69, 9.17) is 9.15 Å². The largest absolute Gasteiger partial charge is 0.422 e. The lowest BCUT2D eigenvalue weighted by atomic mass is 10.1. The third-order valence-electron chi connectivity index (χ3n) is 4.86. The van der Waals surface area contributed by atoms with Gasteiger partial charge in [0.2, 0.25) is 0 Å². The highest BCUT2D eigenvalue weighted by Gasteiger charge is 2.21. The number of aromatic nitrogens is 1. The molecule has 1 aliphatic heterocycles. The number of morpholine rings is 1. The summed E-state index contributed by atoms with van der Waals surface area (Å²) in [5.74, 6) is -1.06. The first-order valence-electron chi connectivity index (χ1n) is 9.36. The van der Waals surface area contributed by atoms with Crippen molar-refractivity contribution in [1.29, 1.82) is 0 Å². The van der Waals surface area contributed by atoms with Crippen LogP contribution >= 0.6 is 0 Å². The third kappa shape index (κ3) is 3.74. The van der Waals surface area contributed by atoms with Crippen molar-refractivity contribution in [3.63, 3.8) is 0 Å². The lowest BCUT2D eigenvalue weighted by Crippen LogP contribution is -2.41. The first-order chi connectivity index (χ1) is 14.4. The van der Waals surface area contributed by atoms with Crippen LogP contribution in [0.15, 0.2) is 56.6 Å². The third-order valence-corrected chi connectivity index (χ3v) is 4.86. The number of amides is 2. The number of rotatable bonds is 3. The molecule has 0 spiro atoms. The minimum Gasteiger partial charge on any atom is -0.422 e. The van der Waals surface area contributed by atoms with Crippen molar-refractivity contribution < 1.29 is 18.7 Å². The average molecular weight is 409 g/mol. The maximum atomic E-state index is 12.7. The number of aryl methyl sites for hydroxylation is 1. The quantitative estimate of drug-likeness (QED) is 0.651. The van der Waals surface area contributed by atoms with Gasteiger partial charge >= 0.3 is 5.63 Å². The number of nitrogens with zero attached hydrogens (tertiary/aromatic N) is 2. The van der Waals surface area contributed by atoms with Crippen LogP contribution in [-0.2, 0) is 11.8 Å². The van der Waals surface area contributed by atoms with Gasteiger partial charge in [-0.1, -0.05) is 18.2 Å². The monoisotopic (exact) mass is 409 g/mol. The molecule has 9 heteroatoms. The lowest BCUT2D eigenvalue weighted by molar-refractivity contribution is 0.0302. The van der Waals surface area contributed by atoms with E-state index >= 15 is 0 Å². The first-order valence-corrected chi connectivity index (χ1v) is 9.36. The Balaban J connectivity index is 1.66. The molecule has 1 fully saturated rings. The van der Waals surface area contributed by atoms with E-state index in [1.807, 2.05) is 0 Å². The fourth-order valence-electron chi connectivity index (χ4n) is 3.28. The molecule has 0 bridgehead atoms. The zero-order valence-corrected chi connectivity index (χ0v) is 16.2. The van der Waals surface area contributed by atoms with Gasteiger partial charge in [0.1, 0.15) is 16.8 Å². The van der Waals surface area contributed by atoms with Crippen molar-refractivity contribution in [2.45, 2.75) is 0 Å². The average Bonchev–Trinajstić information content (AvgIpc) is 2.76. The fourth-order valence-corrected chi connectivity index (χ4v) is 3.28. The van der Waals surface area contributed by atoms with E-state index in [1.165, 1.54) is 29.9 Å². The Hall–Kier alpha value is -3.72. The number of hydrogen-bond acceptors (Lipinski definition) is 6. The van der Waals surface area contributed by atoms with Gasteiger partial charge in [-0.15, -0.1) is 0 Å². The SMILES string of the molecule is Cn1cc(C(=O)N2CCOCC2)cc(NC(=O)c2cc3ccccc3oc2=O)c1=O. The highest BCUT2D eigenvalue weighted by molar-refractivity contribution is 6.06. The van der Waals surface area contributed by atoms with Crippen LogP contribution in [0.1, 0.15) is 20.7 Å². The number of ether oxygens (including phenoxy) is 1. The zero-order chi connectivity index (χ0) is 21.3. The second-order valence-corrected chi connectivity index (χ2v) is 6.90. The number of fused-ring (bicyclic) bond motifs is 1. The molecule has 1 saturated heterocycles. The molecule has 1 aliphatic rings. The van der Waals surface area contributed by atoms with Crippen molar-refractivity contribution in [3.8, 4) is 0 Å². The summed E-state index contributed by atoms with van der Waals surface area (Å²) in [4.78, 5) is 51.8. The summed E-state index contributed by atoms with van der Waals surface area (Å²) in [5.41, 5.74) is -1.06. The molecule has 154 valence electrons. The molecule has 30 heavy (non-hydrogen) atoms. The summed E-state index contributed by atoms with van der Waals surface area (Å²) < 4.78 is 11.6. The normalized spacial score (nSPS) is 14.0. The Morgan fingerprint density at radius 3 is 2.57 bits per heavy atom. The van der Waals surface area contributed by atoms with Crippen molar-refractivity contribution in [2.75, 3.05) is 31.6 Å². The molecule has 9 nitrogen and oxygen atoms in total. The smallest absolute Gasteiger partial charge is 0.349 e.